The van der Waals surface area contributed by atoms with Gasteiger partial charge in [-0.05, 0) is 25.1 Å². The zero-order valence-corrected chi connectivity index (χ0v) is 12.6. The number of nitrogens with one attached hydrogen (secondary N) is 1. The quantitative estimate of drug-likeness (QED) is 0.904. The summed E-state index contributed by atoms with van der Waals surface area (Å²) in [6, 6.07) is 7.16. The molecular formula is C15H17N3O4. The number of anilines is 1. The maximum atomic E-state index is 12.2. The summed E-state index contributed by atoms with van der Waals surface area (Å²) in [6.07, 6.45) is 1.46. The number of aromatic nitrogens is 2. The van der Waals surface area contributed by atoms with Crippen LogP contribution < -0.4 is 20.3 Å². The molecule has 7 heteroatoms. The Labute approximate surface area is 127 Å². The van der Waals surface area contributed by atoms with Crippen LogP contribution in [-0.4, -0.2) is 29.9 Å². The van der Waals surface area contributed by atoms with Crippen LogP contribution in [0, 0.1) is 0 Å². The first-order valence-electron chi connectivity index (χ1n) is 6.63. The second kappa shape index (κ2) is 6.75. The number of carbonyl (C=O) groups excluding carboxylic acids is 1. The number of ether oxygens (including phenoxy) is 2. The number of amides is 1. The Balaban J connectivity index is 2.18. The molecular weight excluding hydrogens is 286 g/mol. The van der Waals surface area contributed by atoms with Crippen molar-refractivity contribution in [1.82, 2.24) is 9.78 Å². The van der Waals surface area contributed by atoms with E-state index in [1.807, 2.05) is 0 Å². The van der Waals surface area contributed by atoms with Crippen molar-refractivity contribution < 1.29 is 14.3 Å². The summed E-state index contributed by atoms with van der Waals surface area (Å²) >= 11 is 0. The van der Waals surface area contributed by atoms with Crippen molar-refractivity contribution in [1.29, 1.82) is 0 Å². The number of nitrogens with zero attached hydrogens (tertiary/aromatic N) is 2. The molecule has 0 aliphatic rings. The van der Waals surface area contributed by atoms with Gasteiger partial charge in [-0.2, -0.15) is 5.10 Å². The van der Waals surface area contributed by atoms with E-state index in [0.29, 0.717) is 17.2 Å². The zero-order chi connectivity index (χ0) is 16.1. The molecule has 0 saturated heterocycles. The lowest BCUT2D eigenvalue weighted by Gasteiger charge is -2.14. The number of rotatable bonds is 5. The molecule has 116 valence electrons. The Hall–Kier alpha value is -2.83. The van der Waals surface area contributed by atoms with Crippen molar-refractivity contribution in [2.24, 2.45) is 0 Å². The van der Waals surface area contributed by atoms with E-state index in [-0.39, 0.29) is 11.5 Å². The number of hydrogen-bond acceptors (Lipinski definition) is 5. The van der Waals surface area contributed by atoms with Gasteiger partial charge in [-0.3, -0.25) is 9.59 Å². The van der Waals surface area contributed by atoms with E-state index >= 15 is 0 Å². The van der Waals surface area contributed by atoms with Gasteiger partial charge in [0.15, 0.2) is 11.5 Å². The molecule has 0 spiro atoms. The van der Waals surface area contributed by atoms with E-state index < -0.39 is 6.04 Å². The van der Waals surface area contributed by atoms with Crippen LogP contribution in [0.15, 0.2) is 41.3 Å². The average Bonchev–Trinajstić information content (AvgIpc) is 2.54. The molecule has 2 aromatic rings. The number of hydrogen-bond donors (Lipinski definition) is 1. The van der Waals surface area contributed by atoms with Gasteiger partial charge >= 0.3 is 0 Å². The smallest absolute Gasteiger partial charge is 0.267 e. The Morgan fingerprint density at radius 3 is 2.59 bits per heavy atom. The molecule has 0 bridgehead atoms. The minimum absolute atomic E-state index is 0.336. The molecule has 1 heterocycles. The molecule has 22 heavy (non-hydrogen) atoms. The molecule has 1 amide bonds. The summed E-state index contributed by atoms with van der Waals surface area (Å²) in [5, 5.41) is 6.62. The van der Waals surface area contributed by atoms with E-state index in [1.54, 1.807) is 25.1 Å². The van der Waals surface area contributed by atoms with Crippen LogP contribution in [0.4, 0.5) is 5.69 Å². The molecule has 1 N–H and O–H groups in total. The molecule has 0 fully saturated rings. The number of carbonyl (C=O) groups is 1. The van der Waals surface area contributed by atoms with Crippen LogP contribution in [0.1, 0.15) is 13.0 Å². The average molecular weight is 303 g/mol. The normalized spacial score (nSPS) is 11.6. The first-order valence-corrected chi connectivity index (χ1v) is 6.63. The SMILES string of the molecule is COc1ccc(NC(=O)C(C)n2ncccc2=O)cc1OC. The summed E-state index contributed by atoms with van der Waals surface area (Å²) in [4.78, 5) is 23.9. The minimum atomic E-state index is -0.734. The summed E-state index contributed by atoms with van der Waals surface area (Å²) in [6.45, 7) is 1.60. The number of methoxy groups -OCH3 is 2. The monoisotopic (exact) mass is 303 g/mol. The predicted molar refractivity (Wildman–Crippen MR) is 81.4 cm³/mol. The highest BCUT2D eigenvalue weighted by Crippen LogP contribution is 2.29. The first kappa shape index (κ1) is 15.6. The summed E-state index contributed by atoms with van der Waals surface area (Å²) in [5.74, 6) is 0.713. The Morgan fingerprint density at radius 2 is 1.95 bits per heavy atom. The van der Waals surface area contributed by atoms with Gasteiger partial charge < -0.3 is 14.8 Å². The fourth-order valence-electron chi connectivity index (χ4n) is 1.93. The Morgan fingerprint density at radius 1 is 1.23 bits per heavy atom. The fraction of sp³-hybridized carbons (Fsp3) is 0.267. The molecule has 0 aliphatic carbocycles. The van der Waals surface area contributed by atoms with Gasteiger partial charge in [-0.25, -0.2) is 4.68 Å². The van der Waals surface area contributed by atoms with Crippen molar-refractivity contribution >= 4 is 11.6 Å². The van der Waals surface area contributed by atoms with Crippen molar-refractivity contribution in [3.8, 4) is 11.5 Å². The molecule has 1 unspecified atom stereocenters. The van der Waals surface area contributed by atoms with Gasteiger partial charge in [-0.1, -0.05) is 0 Å². The van der Waals surface area contributed by atoms with Gasteiger partial charge in [0.1, 0.15) is 6.04 Å². The van der Waals surface area contributed by atoms with Crippen LogP contribution in [0.25, 0.3) is 0 Å². The summed E-state index contributed by atoms with van der Waals surface area (Å²) < 4.78 is 11.4. The molecule has 1 aromatic heterocycles. The highest BCUT2D eigenvalue weighted by Gasteiger charge is 2.17. The van der Waals surface area contributed by atoms with Crippen molar-refractivity contribution in [2.75, 3.05) is 19.5 Å². The third-order valence-electron chi connectivity index (χ3n) is 3.14. The van der Waals surface area contributed by atoms with Crippen LogP contribution in [0.2, 0.25) is 0 Å². The van der Waals surface area contributed by atoms with Crippen LogP contribution in [-0.2, 0) is 4.79 Å². The lowest BCUT2D eigenvalue weighted by molar-refractivity contribution is -0.119. The van der Waals surface area contributed by atoms with Gasteiger partial charge in [-0.15, -0.1) is 0 Å². The molecule has 7 nitrogen and oxygen atoms in total. The topological polar surface area (TPSA) is 82.5 Å². The Bertz CT molecular complexity index is 727. The van der Waals surface area contributed by atoms with Crippen molar-refractivity contribution in [3.05, 3.63) is 46.9 Å². The highest BCUT2D eigenvalue weighted by molar-refractivity contribution is 5.93. The van der Waals surface area contributed by atoms with Crippen LogP contribution in [0.3, 0.4) is 0 Å². The molecule has 0 radical (unpaired) electrons. The molecule has 0 saturated carbocycles. The van der Waals surface area contributed by atoms with E-state index in [2.05, 4.69) is 10.4 Å². The van der Waals surface area contributed by atoms with E-state index in [4.69, 9.17) is 9.47 Å². The number of benzene rings is 1. The second-order valence-electron chi connectivity index (χ2n) is 4.54. The Kier molecular flexibility index (Phi) is 4.77. The largest absolute Gasteiger partial charge is 0.493 e. The maximum Gasteiger partial charge on any atom is 0.267 e. The summed E-state index contributed by atoms with van der Waals surface area (Å²) in [7, 11) is 3.05. The zero-order valence-electron chi connectivity index (χ0n) is 12.6. The van der Waals surface area contributed by atoms with Gasteiger partial charge in [0.05, 0.1) is 14.2 Å². The van der Waals surface area contributed by atoms with Crippen LogP contribution >= 0.6 is 0 Å². The molecule has 1 aromatic carbocycles. The van der Waals surface area contributed by atoms with E-state index in [0.717, 1.165) is 4.68 Å². The highest BCUT2D eigenvalue weighted by atomic mass is 16.5. The standard InChI is InChI=1S/C15H17N3O4/c1-10(18-14(19)5-4-8-16-18)15(20)17-11-6-7-12(21-2)13(9-11)22-3/h4-10H,1-3H3,(H,17,20). The summed E-state index contributed by atoms with van der Waals surface area (Å²) in [5.41, 5.74) is 0.205. The third kappa shape index (κ3) is 3.25. The van der Waals surface area contributed by atoms with Crippen molar-refractivity contribution in [3.63, 3.8) is 0 Å². The second-order valence-corrected chi connectivity index (χ2v) is 4.54. The maximum absolute atomic E-state index is 12.2. The van der Waals surface area contributed by atoms with Gasteiger partial charge in [0.25, 0.3) is 5.56 Å². The fourth-order valence-corrected chi connectivity index (χ4v) is 1.93. The third-order valence-corrected chi connectivity index (χ3v) is 3.14. The minimum Gasteiger partial charge on any atom is -0.493 e. The van der Waals surface area contributed by atoms with Crippen LogP contribution in [0.5, 0.6) is 11.5 Å². The van der Waals surface area contributed by atoms with Gasteiger partial charge in [0, 0.05) is 24.0 Å². The molecule has 1 atom stereocenters. The van der Waals surface area contributed by atoms with E-state index in [1.165, 1.54) is 32.5 Å². The lowest BCUT2D eigenvalue weighted by atomic mass is 10.2. The molecule has 2 rings (SSSR count). The molecule has 0 aliphatic heterocycles. The van der Waals surface area contributed by atoms with E-state index in [9.17, 15) is 9.59 Å². The predicted octanol–water partition coefficient (Wildman–Crippen LogP) is 1.46. The lowest BCUT2D eigenvalue weighted by Crippen LogP contribution is -2.32. The van der Waals surface area contributed by atoms with Gasteiger partial charge in [0.2, 0.25) is 5.91 Å². The van der Waals surface area contributed by atoms with Crippen molar-refractivity contribution in [2.45, 2.75) is 13.0 Å². The first-order chi connectivity index (χ1) is 10.6.